The van der Waals surface area contributed by atoms with Gasteiger partial charge in [0.1, 0.15) is 6.61 Å². The Kier molecular flexibility index (Phi) is 5.06. The van der Waals surface area contributed by atoms with Gasteiger partial charge >= 0.3 is 5.97 Å². The fourth-order valence-electron chi connectivity index (χ4n) is 1.10. The van der Waals surface area contributed by atoms with Gasteiger partial charge in [0.05, 0.1) is 0 Å². The Morgan fingerprint density at radius 1 is 1.31 bits per heavy atom. The molecule has 2 nitrogen and oxygen atoms in total. The van der Waals surface area contributed by atoms with Crippen LogP contribution in [0.15, 0.2) is 48.1 Å². The molecule has 0 saturated carbocycles. The van der Waals surface area contributed by atoms with E-state index in [2.05, 4.69) is 0 Å². The van der Waals surface area contributed by atoms with Crippen molar-refractivity contribution in [3.63, 3.8) is 0 Å². The van der Waals surface area contributed by atoms with Crippen molar-refractivity contribution in [3.8, 4) is 0 Å². The van der Waals surface area contributed by atoms with Crippen LogP contribution in [0.25, 0.3) is 6.08 Å². The fraction of sp³-hybridized carbons (Fsp3) is 0.214. The molecule has 0 amide bonds. The van der Waals surface area contributed by atoms with E-state index in [9.17, 15) is 4.79 Å². The molecular weight excluding hydrogens is 200 g/mol. The molecule has 0 aliphatic heterocycles. The molecule has 2 heteroatoms. The highest BCUT2D eigenvalue weighted by atomic mass is 16.5. The summed E-state index contributed by atoms with van der Waals surface area (Å²) in [5, 5.41) is 0. The topological polar surface area (TPSA) is 26.3 Å². The van der Waals surface area contributed by atoms with Crippen molar-refractivity contribution in [3.05, 3.63) is 53.6 Å². The van der Waals surface area contributed by atoms with Crippen LogP contribution in [0.4, 0.5) is 0 Å². The molecule has 0 fully saturated rings. The summed E-state index contributed by atoms with van der Waals surface area (Å²) < 4.78 is 5.02. The normalized spacial score (nSPS) is 11.8. The molecule has 0 radical (unpaired) electrons. The van der Waals surface area contributed by atoms with Gasteiger partial charge in [0.25, 0.3) is 0 Å². The number of allylic oxidation sites excluding steroid dienone is 1. The van der Waals surface area contributed by atoms with E-state index in [4.69, 9.17) is 4.74 Å². The largest absolute Gasteiger partial charge is 0.458 e. The third-order valence-electron chi connectivity index (χ3n) is 2.18. The second-order valence-corrected chi connectivity index (χ2v) is 3.38. The van der Waals surface area contributed by atoms with E-state index in [0.29, 0.717) is 12.2 Å². The van der Waals surface area contributed by atoms with E-state index < -0.39 is 0 Å². The van der Waals surface area contributed by atoms with E-state index in [1.54, 1.807) is 13.0 Å². The number of ether oxygens (including phenoxy) is 1. The number of esters is 1. The average Bonchev–Trinajstić information content (AvgIpc) is 2.34. The molecule has 0 N–H and O–H groups in total. The van der Waals surface area contributed by atoms with Gasteiger partial charge in [-0.25, -0.2) is 4.79 Å². The summed E-state index contributed by atoms with van der Waals surface area (Å²) in [5.74, 6) is -0.264. The molecule has 0 heterocycles. The summed E-state index contributed by atoms with van der Waals surface area (Å²) in [6.07, 6.45) is 5.50. The lowest BCUT2D eigenvalue weighted by atomic mass is 10.2. The molecule has 0 bridgehead atoms. The number of hydrogen-bond donors (Lipinski definition) is 0. The van der Waals surface area contributed by atoms with Crippen molar-refractivity contribution in [2.45, 2.75) is 13.8 Å². The maximum Gasteiger partial charge on any atom is 0.333 e. The minimum absolute atomic E-state index is 0.264. The molecule has 0 aromatic heterocycles. The van der Waals surface area contributed by atoms with E-state index in [-0.39, 0.29) is 5.97 Å². The molecule has 0 atom stereocenters. The number of rotatable bonds is 4. The smallest absolute Gasteiger partial charge is 0.333 e. The second-order valence-electron chi connectivity index (χ2n) is 3.38. The number of carbonyl (C=O) groups is 1. The first kappa shape index (κ1) is 12.2. The van der Waals surface area contributed by atoms with Crippen LogP contribution in [0.1, 0.15) is 19.4 Å². The Balaban J connectivity index is 2.37. The Labute approximate surface area is 96.2 Å². The highest BCUT2D eigenvalue weighted by Gasteiger charge is 2.01. The van der Waals surface area contributed by atoms with Gasteiger partial charge in [-0.15, -0.1) is 0 Å². The molecule has 0 aliphatic rings. The molecule has 0 spiro atoms. The molecule has 16 heavy (non-hydrogen) atoms. The zero-order chi connectivity index (χ0) is 11.8. The van der Waals surface area contributed by atoms with Gasteiger partial charge in [-0.1, -0.05) is 42.5 Å². The van der Waals surface area contributed by atoms with Crippen LogP contribution in [-0.4, -0.2) is 12.6 Å². The van der Waals surface area contributed by atoms with Crippen molar-refractivity contribution in [1.29, 1.82) is 0 Å². The van der Waals surface area contributed by atoms with Crippen molar-refractivity contribution in [2.75, 3.05) is 6.61 Å². The highest BCUT2D eigenvalue weighted by molar-refractivity contribution is 5.87. The SMILES string of the molecule is C/C=C(\C)C(=O)OC/C=C/c1ccccc1. The zero-order valence-corrected chi connectivity index (χ0v) is 9.64. The minimum atomic E-state index is -0.264. The lowest BCUT2D eigenvalue weighted by molar-refractivity contribution is -0.137. The molecule has 1 rings (SSSR count). The standard InChI is InChI=1S/C14H16O2/c1-3-12(2)14(15)16-11-7-10-13-8-5-4-6-9-13/h3-10H,11H2,1-2H3/b10-7+,12-3+. The Bertz CT molecular complexity index is 388. The predicted octanol–water partition coefficient (Wildman–Crippen LogP) is 3.21. The zero-order valence-electron chi connectivity index (χ0n) is 9.64. The summed E-state index contributed by atoms with van der Waals surface area (Å²) in [6.45, 7) is 3.86. The Morgan fingerprint density at radius 3 is 2.62 bits per heavy atom. The lowest BCUT2D eigenvalue weighted by Gasteiger charge is -2.00. The maximum absolute atomic E-state index is 11.3. The third-order valence-corrected chi connectivity index (χ3v) is 2.18. The molecule has 84 valence electrons. The number of carbonyl (C=O) groups excluding carboxylic acids is 1. The summed E-state index contributed by atoms with van der Waals surface area (Å²) >= 11 is 0. The number of hydrogen-bond acceptors (Lipinski definition) is 2. The van der Waals surface area contributed by atoms with E-state index in [1.807, 2.05) is 49.4 Å². The van der Waals surface area contributed by atoms with Gasteiger partial charge in [-0.05, 0) is 25.5 Å². The molecule has 1 aromatic carbocycles. The summed E-state index contributed by atoms with van der Waals surface area (Å²) in [5.41, 5.74) is 1.73. The average molecular weight is 216 g/mol. The van der Waals surface area contributed by atoms with Crippen LogP contribution in [0.3, 0.4) is 0 Å². The monoisotopic (exact) mass is 216 g/mol. The quantitative estimate of drug-likeness (QED) is 0.570. The first-order valence-electron chi connectivity index (χ1n) is 5.25. The van der Waals surface area contributed by atoms with Crippen LogP contribution in [0.2, 0.25) is 0 Å². The van der Waals surface area contributed by atoms with Gasteiger partial charge in [-0.3, -0.25) is 0 Å². The van der Waals surface area contributed by atoms with E-state index >= 15 is 0 Å². The van der Waals surface area contributed by atoms with Gasteiger partial charge in [0, 0.05) is 5.57 Å². The Hall–Kier alpha value is -1.83. The molecule has 0 saturated heterocycles. The first-order valence-corrected chi connectivity index (χ1v) is 5.25. The molecule has 0 unspecified atom stereocenters. The highest BCUT2D eigenvalue weighted by Crippen LogP contribution is 2.01. The van der Waals surface area contributed by atoms with Crippen LogP contribution in [0.5, 0.6) is 0 Å². The Morgan fingerprint density at radius 2 is 2.00 bits per heavy atom. The van der Waals surface area contributed by atoms with E-state index in [0.717, 1.165) is 5.56 Å². The van der Waals surface area contributed by atoms with E-state index in [1.165, 1.54) is 0 Å². The van der Waals surface area contributed by atoms with Crippen LogP contribution >= 0.6 is 0 Å². The van der Waals surface area contributed by atoms with Crippen LogP contribution < -0.4 is 0 Å². The molecule has 0 aliphatic carbocycles. The van der Waals surface area contributed by atoms with Crippen molar-refractivity contribution in [1.82, 2.24) is 0 Å². The maximum atomic E-state index is 11.3. The van der Waals surface area contributed by atoms with Gasteiger partial charge in [0.2, 0.25) is 0 Å². The van der Waals surface area contributed by atoms with Gasteiger partial charge < -0.3 is 4.74 Å². The summed E-state index contributed by atoms with van der Waals surface area (Å²) in [4.78, 5) is 11.3. The van der Waals surface area contributed by atoms with Crippen LogP contribution in [0, 0.1) is 0 Å². The van der Waals surface area contributed by atoms with Gasteiger partial charge in [0.15, 0.2) is 0 Å². The summed E-state index contributed by atoms with van der Waals surface area (Å²) in [7, 11) is 0. The summed E-state index contributed by atoms with van der Waals surface area (Å²) in [6, 6.07) is 9.89. The van der Waals surface area contributed by atoms with Crippen molar-refractivity contribution in [2.24, 2.45) is 0 Å². The predicted molar refractivity (Wildman–Crippen MR) is 65.9 cm³/mol. The van der Waals surface area contributed by atoms with Gasteiger partial charge in [-0.2, -0.15) is 0 Å². The molecule has 1 aromatic rings. The van der Waals surface area contributed by atoms with Crippen molar-refractivity contribution >= 4 is 12.0 Å². The number of benzene rings is 1. The minimum Gasteiger partial charge on any atom is -0.458 e. The third kappa shape index (κ3) is 4.13. The first-order chi connectivity index (χ1) is 7.74. The van der Waals surface area contributed by atoms with Crippen LogP contribution in [-0.2, 0) is 9.53 Å². The fourth-order valence-corrected chi connectivity index (χ4v) is 1.10. The molecular formula is C14H16O2. The lowest BCUT2D eigenvalue weighted by Crippen LogP contribution is -2.05. The van der Waals surface area contributed by atoms with Crippen molar-refractivity contribution < 1.29 is 9.53 Å². The second kappa shape index (κ2) is 6.62.